The van der Waals surface area contributed by atoms with E-state index >= 15 is 0 Å². The summed E-state index contributed by atoms with van der Waals surface area (Å²) >= 11 is 3.33. The second-order valence-electron chi connectivity index (χ2n) is 4.53. The predicted molar refractivity (Wildman–Crippen MR) is 77.3 cm³/mol. The lowest BCUT2D eigenvalue weighted by molar-refractivity contribution is -0.144. The molecule has 2 N–H and O–H groups in total. The number of hydrogen-bond donors (Lipinski definition) is 2. The zero-order valence-corrected chi connectivity index (χ0v) is 12.9. The fourth-order valence-corrected chi connectivity index (χ4v) is 2.54. The lowest BCUT2D eigenvalue weighted by Crippen LogP contribution is -2.53. The molecule has 0 aromatic heterocycles. The van der Waals surface area contributed by atoms with Crippen molar-refractivity contribution in [2.75, 3.05) is 0 Å². The van der Waals surface area contributed by atoms with Gasteiger partial charge in [-0.05, 0) is 53.4 Å². The summed E-state index contributed by atoms with van der Waals surface area (Å²) < 4.78 is 0.663. The first kappa shape index (κ1) is 15.7. The standard InChI is InChI=1S/C14H18BrNO3/c1-4-14(5-2,13(18)19)16-12(17)10-7-6-9(3)8-11(10)15/h6-8H,4-5H2,1-3H3,(H,16,17)(H,18,19). The van der Waals surface area contributed by atoms with Gasteiger partial charge in [-0.1, -0.05) is 19.9 Å². The fraction of sp³-hybridized carbons (Fsp3) is 0.429. The molecule has 0 spiro atoms. The maximum atomic E-state index is 12.2. The number of benzene rings is 1. The Hall–Kier alpha value is -1.36. The number of carboxylic acids is 1. The van der Waals surface area contributed by atoms with Gasteiger partial charge in [0.25, 0.3) is 5.91 Å². The maximum absolute atomic E-state index is 12.2. The van der Waals surface area contributed by atoms with Crippen LogP contribution in [0.25, 0.3) is 0 Å². The van der Waals surface area contributed by atoms with Gasteiger partial charge in [0, 0.05) is 4.47 Å². The molecule has 0 atom stereocenters. The van der Waals surface area contributed by atoms with E-state index in [4.69, 9.17) is 0 Å². The highest BCUT2D eigenvalue weighted by Crippen LogP contribution is 2.21. The van der Waals surface area contributed by atoms with Crippen LogP contribution in [0.1, 0.15) is 42.6 Å². The predicted octanol–water partition coefficient (Wildman–Crippen LogP) is 3.13. The second kappa shape index (κ2) is 6.19. The highest BCUT2D eigenvalue weighted by Gasteiger charge is 2.36. The number of nitrogens with one attached hydrogen (secondary N) is 1. The summed E-state index contributed by atoms with van der Waals surface area (Å²) in [5.74, 6) is -1.38. The summed E-state index contributed by atoms with van der Waals surface area (Å²) in [7, 11) is 0. The first-order valence-electron chi connectivity index (χ1n) is 6.18. The summed E-state index contributed by atoms with van der Waals surface area (Å²) in [5, 5.41) is 11.9. The van der Waals surface area contributed by atoms with Gasteiger partial charge >= 0.3 is 5.97 Å². The van der Waals surface area contributed by atoms with Crippen molar-refractivity contribution < 1.29 is 14.7 Å². The minimum Gasteiger partial charge on any atom is -0.480 e. The van der Waals surface area contributed by atoms with Crippen LogP contribution >= 0.6 is 15.9 Å². The monoisotopic (exact) mass is 327 g/mol. The van der Waals surface area contributed by atoms with Crippen molar-refractivity contribution in [2.45, 2.75) is 39.2 Å². The maximum Gasteiger partial charge on any atom is 0.329 e. The Balaban J connectivity index is 3.04. The van der Waals surface area contributed by atoms with Crippen molar-refractivity contribution in [3.8, 4) is 0 Å². The Morgan fingerprint density at radius 3 is 2.32 bits per heavy atom. The molecule has 4 nitrogen and oxygen atoms in total. The van der Waals surface area contributed by atoms with E-state index in [1.54, 1.807) is 19.9 Å². The zero-order chi connectivity index (χ0) is 14.6. The number of carbonyl (C=O) groups excluding carboxylic acids is 1. The van der Waals surface area contributed by atoms with Crippen LogP contribution in [-0.4, -0.2) is 22.5 Å². The molecule has 0 heterocycles. The van der Waals surface area contributed by atoms with Crippen LogP contribution < -0.4 is 5.32 Å². The Morgan fingerprint density at radius 2 is 1.89 bits per heavy atom. The number of amides is 1. The van der Waals surface area contributed by atoms with Gasteiger partial charge in [-0.15, -0.1) is 0 Å². The molecule has 1 amide bonds. The first-order valence-corrected chi connectivity index (χ1v) is 6.97. The number of carboxylic acid groups (broad SMARTS) is 1. The van der Waals surface area contributed by atoms with E-state index in [-0.39, 0.29) is 5.91 Å². The zero-order valence-electron chi connectivity index (χ0n) is 11.3. The highest BCUT2D eigenvalue weighted by atomic mass is 79.9. The van der Waals surface area contributed by atoms with Crippen molar-refractivity contribution in [3.63, 3.8) is 0 Å². The Kier molecular flexibility index (Phi) is 5.11. The van der Waals surface area contributed by atoms with Crippen LogP contribution in [0.2, 0.25) is 0 Å². The molecule has 0 unspecified atom stereocenters. The third kappa shape index (κ3) is 3.35. The van der Waals surface area contributed by atoms with Gasteiger partial charge in [0.1, 0.15) is 5.54 Å². The van der Waals surface area contributed by atoms with Crippen LogP contribution in [0.5, 0.6) is 0 Å². The lowest BCUT2D eigenvalue weighted by atomic mass is 9.92. The average Bonchev–Trinajstić information content (AvgIpc) is 2.35. The third-order valence-corrected chi connectivity index (χ3v) is 3.99. The van der Waals surface area contributed by atoms with Gasteiger partial charge < -0.3 is 10.4 Å². The number of rotatable bonds is 5. The molecule has 1 rings (SSSR count). The minimum atomic E-state index is -1.21. The topological polar surface area (TPSA) is 66.4 Å². The Bertz CT molecular complexity index is 495. The summed E-state index contributed by atoms with van der Waals surface area (Å²) in [5.41, 5.74) is 0.263. The molecule has 0 bridgehead atoms. The van der Waals surface area contributed by atoms with E-state index in [1.807, 2.05) is 19.1 Å². The number of halogens is 1. The van der Waals surface area contributed by atoms with E-state index in [9.17, 15) is 14.7 Å². The smallest absolute Gasteiger partial charge is 0.329 e. The van der Waals surface area contributed by atoms with Crippen molar-refractivity contribution in [3.05, 3.63) is 33.8 Å². The largest absolute Gasteiger partial charge is 0.480 e. The fourth-order valence-electron chi connectivity index (χ4n) is 1.87. The highest BCUT2D eigenvalue weighted by molar-refractivity contribution is 9.10. The molecule has 5 heteroatoms. The SMILES string of the molecule is CCC(CC)(NC(=O)c1ccc(C)cc1Br)C(=O)O. The van der Waals surface area contributed by atoms with E-state index < -0.39 is 11.5 Å². The van der Waals surface area contributed by atoms with Crippen LogP contribution in [0, 0.1) is 6.92 Å². The average molecular weight is 328 g/mol. The van der Waals surface area contributed by atoms with Crippen molar-refractivity contribution in [2.24, 2.45) is 0 Å². The van der Waals surface area contributed by atoms with Gasteiger partial charge in [0.05, 0.1) is 5.56 Å². The van der Waals surface area contributed by atoms with Gasteiger partial charge in [-0.3, -0.25) is 4.79 Å². The van der Waals surface area contributed by atoms with Crippen LogP contribution in [0.4, 0.5) is 0 Å². The number of aryl methyl sites for hydroxylation is 1. The van der Waals surface area contributed by atoms with Crippen molar-refractivity contribution in [1.82, 2.24) is 5.32 Å². The Morgan fingerprint density at radius 1 is 1.32 bits per heavy atom. The molecular weight excluding hydrogens is 310 g/mol. The van der Waals surface area contributed by atoms with Gasteiger partial charge in [-0.25, -0.2) is 4.79 Å². The van der Waals surface area contributed by atoms with Crippen LogP contribution in [0.3, 0.4) is 0 Å². The third-order valence-electron chi connectivity index (χ3n) is 3.34. The molecule has 0 aliphatic rings. The van der Waals surface area contributed by atoms with Gasteiger partial charge in [-0.2, -0.15) is 0 Å². The molecule has 0 saturated heterocycles. The molecule has 0 radical (unpaired) electrons. The van der Waals surface area contributed by atoms with Gasteiger partial charge in [0.15, 0.2) is 0 Å². The number of carbonyl (C=O) groups is 2. The van der Waals surface area contributed by atoms with E-state index in [0.29, 0.717) is 22.9 Å². The molecule has 1 aromatic rings. The number of hydrogen-bond acceptors (Lipinski definition) is 2. The van der Waals surface area contributed by atoms with E-state index in [2.05, 4.69) is 21.2 Å². The van der Waals surface area contributed by atoms with Crippen molar-refractivity contribution >= 4 is 27.8 Å². The molecular formula is C14H18BrNO3. The summed E-state index contributed by atoms with van der Waals surface area (Å²) in [6.45, 7) is 5.43. The molecule has 104 valence electrons. The van der Waals surface area contributed by atoms with Gasteiger partial charge in [0.2, 0.25) is 0 Å². The Labute approximate surface area is 121 Å². The van der Waals surface area contributed by atoms with Crippen LogP contribution in [-0.2, 0) is 4.79 Å². The minimum absolute atomic E-state index is 0.341. The quantitative estimate of drug-likeness (QED) is 0.873. The molecule has 0 saturated carbocycles. The second-order valence-corrected chi connectivity index (χ2v) is 5.39. The summed E-state index contributed by atoms with van der Waals surface area (Å²) in [6.07, 6.45) is 0.683. The molecule has 0 aliphatic carbocycles. The summed E-state index contributed by atoms with van der Waals surface area (Å²) in [6, 6.07) is 5.34. The lowest BCUT2D eigenvalue weighted by Gasteiger charge is -2.28. The molecule has 0 fully saturated rings. The molecule has 19 heavy (non-hydrogen) atoms. The molecule has 0 aliphatic heterocycles. The van der Waals surface area contributed by atoms with E-state index in [0.717, 1.165) is 5.56 Å². The number of aliphatic carboxylic acids is 1. The summed E-state index contributed by atoms with van der Waals surface area (Å²) in [4.78, 5) is 23.6. The molecule has 1 aromatic carbocycles. The van der Waals surface area contributed by atoms with Crippen molar-refractivity contribution in [1.29, 1.82) is 0 Å². The van der Waals surface area contributed by atoms with E-state index in [1.165, 1.54) is 0 Å². The van der Waals surface area contributed by atoms with Crippen LogP contribution in [0.15, 0.2) is 22.7 Å². The normalized spacial score (nSPS) is 11.2. The first-order chi connectivity index (χ1) is 8.86.